The van der Waals surface area contributed by atoms with Gasteiger partial charge in [0.2, 0.25) is 5.91 Å². The third-order valence-corrected chi connectivity index (χ3v) is 4.38. The van der Waals surface area contributed by atoms with Crippen LogP contribution in [0.3, 0.4) is 0 Å². The number of nitrogens with one attached hydrogen (secondary N) is 1. The van der Waals surface area contributed by atoms with Crippen LogP contribution >= 0.6 is 0 Å². The Bertz CT molecular complexity index is 1190. The number of amides is 1. The molecule has 0 aliphatic rings. The maximum atomic E-state index is 12.3. The van der Waals surface area contributed by atoms with Crippen molar-refractivity contribution >= 4 is 22.7 Å². The Kier molecular flexibility index (Phi) is 4.71. The first-order valence-corrected chi connectivity index (χ1v) is 8.83. The second-order valence-corrected chi connectivity index (χ2v) is 6.35. The highest BCUT2D eigenvalue weighted by atomic mass is 16.4. The fraction of sp³-hybridized carbons (Fsp3) is 0.211. The quantitative estimate of drug-likeness (QED) is 0.551. The molecule has 2 heterocycles. The SMILES string of the molecule is Cn1nnnc1-c1cccc(NC(=O)CCCn2c(=O)oc3ccccc32)c1. The molecule has 9 heteroatoms. The Morgan fingerprint density at radius 1 is 1.18 bits per heavy atom. The molecule has 0 aliphatic heterocycles. The summed E-state index contributed by atoms with van der Waals surface area (Å²) in [4.78, 5) is 24.2. The largest absolute Gasteiger partial charge is 0.419 e. The Labute approximate surface area is 159 Å². The van der Waals surface area contributed by atoms with E-state index in [1.54, 1.807) is 28.4 Å². The normalized spacial score (nSPS) is 11.0. The van der Waals surface area contributed by atoms with Crippen molar-refractivity contribution in [2.45, 2.75) is 19.4 Å². The minimum absolute atomic E-state index is 0.130. The summed E-state index contributed by atoms with van der Waals surface area (Å²) in [6.45, 7) is 0.411. The molecule has 0 fully saturated rings. The monoisotopic (exact) mass is 378 g/mol. The number of hydrogen-bond donors (Lipinski definition) is 1. The van der Waals surface area contributed by atoms with Crippen LogP contribution in [0.15, 0.2) is 57.7 Å². The van der Waals surface area contributed by atoms with E-state index in [1.165, 1.54) is 0 Å². The first kappa shape index (κ1) is 17.7. The highest BCUT2D eigenvalue weighted by Crippen LogP contribution is 2.20. The number of oxazole rings is 1. The summed E-state index contributed by atoms with van der Waals surface area (Å²) in [6.07, 6.45) is 0.795. The van der Waals surface area contributed by atoms with Crippen molar-refractivity contribution in [2.75, 3.05) is 5.32 Å². The maximum Gasteiger partial charge on any atom is 0.419 e. The Balaban J connectivity index is 1.38. The zero-order valence-electron chi connectivity index (χ0n) is 15.2. The lowest BCUT2D eigenvalue weighted by molar-refractivity contribution is -0.116. The first-order valence-electron chi connectivity index (χ1n) is 8.83. The number of benzene rings is 2. The molecule has 28 heavy (non-hydrogen) atoms. The molecule has 0 saturated carbocycles. The molecule has 4 aromatic rings. The molecule has 0 unspecified atom stereocenters. The van der Waals surface area contributed by atoms with Gasteiger partial charge in [-0.15, -0.1) is 5.10 Å². The molecule has 0 spiro atoms. The fourth-order valence-corrected chi connectivity index (χ4v) is 3.06. The van der Waals surface area contributed by atoms with Gasteiger partial charge >= 0.3 is 5.76 Å². The van der Waals surface area contributed by atoms with Gasteiger partial charge in [0.25, 0.3) is 0 Å². The number of fused-ring (bicyclic) bond motifs is 1. The lowest BCUT2D eigenvalue weighted by Crippen LogP contribution is -2.17. The molecule has 0 atom stereocenters. The molecule has 1 N–H and O–H groups in total. The summed E-state index contributed by atoms with van der Waals surface area (Å²) < 4.78 is 8.31. The second kappa shape index (κ2) is 7.47. The number of nitrogens with zero attached hydrogens (tertiary/aromatic N) is 5. The molecule has 1 amide bonds. The summed E-state index contributed by atoms with van der Waals surface area (Å²) in [5.74, 6) is 0.0722. The number of aromatic nitrogens is 5. The van der Waals surface area contributed by atoms with E-state index in [0.29, 0.717) is 30.1 Å². The first-order chi connectivity index (χ1) is 13.6. The molecule has 0 aliphatic carbocycles. The Morgan fingerprint density at radius 3 is 2.86 bits per heavy atom. The van der Waals surface area contributed by atoms with Crippen LogP contribution < -0.4 is 11.1 Å². The van der Waals surface area contributed by atoms with E-state index >= 15 is 0 Å². The van der Waals surface area contributed by atoms with Gasteiger partial charge in [-0.25, -0.2) is 9.48 Å². The van der Waals surface area contributed by atoms with Crippen LogP contribution in [0.5, 0.6) is 0 Å². The van der Waals surface area contributed by atoms with Crippen molar-refractivity contribution in [3.05, 3.63) is 59.1 Å². The molecule has 4 rings (SSSR count). The highest BCUT2D eigenvalue weighted by molar-refractivity contribution is 5.91. The molecule has 2 aromatic heterocycles. The van der Waals surface area contributed by atoms with E-state index in [0.717, 1.165) is 11.1 Å². The van der Waals surface area contributed by atoms with Crippen LogP contribution in [-0.2, 0) is 18.4 Å². The van der Waals surface area contributed by atoms with Gasteiger partial charge in [-0.3, -0.25) is 9.36 Å². The van der Waals surface area contributed by atoms with Crippen molar-refractivity contribution < 1.29 is 9.21 Å². The predicted octanol–water partition coefficient (Wildman–Crippen LogP) is 2.20. The molecule has 0 radical (unpaired) electrons. The maximum absolute atomic E-state index is 12.3. The second-order valence-electron chi connectivity index (χ2n) is 6.35. The van der Waals surface area contributed by atoms with Gasteiger partial charge in [0.1, 0.15) is 0 Å². The Hall–Kier alpha value is -3.75. The molecule has 9 nitrogen and oxygen atoms in total. The number of rotatable bonds is 6. The number of tetrazole rings is 1. The average molecular weight is 378 g/mol. The van der Waals surface area contributed by atoms with Gasteiger partial charge in [-0.2, -0.15) is 0 Å². The molecule has 2 aromatic carbocycles. The summed E-state index contributed by atoms with van der Waals surface area (Å²) in [6, 6.07) is 14.6. The van der Waals surface area contributed by atoms with E-state index in [4.69, 9.17) is 4.42 Å². The summed E-state index contributed by atoms with van der Waals surface area (Å²) in [7, 11) is 1.75. The van der Waals surface area contributed by atoms with Crippen LogP contribution in [-0.4, -0.2) is 30.7 Å². The van der Waals surface area contributed by atoms with Gasteiger partial charge in [-0.1, -0.05) is 24.3 Å². The van der Waals surface area contributed by atoms with Gasteiger partial charge in [-0.05, 0) is 41.1 Å². The average Bonchev–Trinajstić information content (AvgIpc) is 3.25. The van der Waals surface area contributed by atoms with Crippen LogP contribution in [0.25, 0.3) is 22.5 Å². The predicted molar refractivity (Wildman–Crippen MR) is 103 cm³/mol. The van der Waals surface area contributed by atoms with Gasteiger partial charge in [0.05, 0.1) is 5.52 Å². The third-order valence-electron chi connectivity index (χ3n) is 4.38. The van der Waals surface area contributed by atoms with E-state index in [9.17, 15) is 9.59 Å². The summed E-state index contributed by atoms with van der Waals surface area (Å²) in [5, 5.41) is 14.3. The van der Waals surface area contributed by atoms with E-state index in [2.05, 4.69) is 20.8 Å². The smallest absolute Gasteiger partial charge is 0.408 e. The van der Waals surface area contributed by atoms with Gasteiger partial charge < -0.3 is 9.73 Å². The van der Waals surface area contributed by atoms with Crippen LogP contribution in [0, 0.1) is 0 Å². The topological polar surface area (TPSA) is 108 Å². The lowest BCUT2D eigenvalue weighted by Gasteiger charge is -2.07. The minimum atomic E-state index is -0.411. The molecular weight excluding hydrogens is 360 g/mol. The van der Waals surface area contributed by atoms with Gasteiger partial charge in [0, 0.05) is 31.3 Å². The van der Waals surface area contributed by atoms with E-state index in [-0.39, 0.29) is 12.3 Å². The fourth-order valence-electron chi connectivity index (χ4n) is 3.06. The van der Waals surface area contributed by atoms with Crippen molar-refractivity contribution in [1.82, 2.24) is 24.8 Å². The number of carbonyl (C=O) groups excluding carboxylic acids is 1. The molecular formula is C19H18N6O3. The number of aryl methyl sites for hydroxylation is 2. The molecule has 0 saturated heterocycles. The van der Waals surface area contributed by atoms with Crippen molar-refractivity contribution in [2.24, 2.45) is 7.05 Å². The zero-order chi connectivity index (χ0) is 19.5. The van der Waals surface area contributed by atoms with Crippen molar-refractivity contribution in [3.63, 3.8) is 0 Å². The van der Waals surface area contributed by atoms with Crippen molar-refractivity contribution in [3.8, 4) is 11.4 Å². The Morgan fingerprint density at radius 2 is 2.04 bits per heavy atom. The molecule has 0 bridgehead atoms. The van der Waals surface area contributed by atoms with Crippen molar-refractivity contribution in [1.29, 1.82) is 0 Å². The summed E-state index contributed by atoms with van der Waals surface area (Å²) in [5.41, 5.74) is 2.75. The lowest BCUT2D eigenvalue weighted by atomic mass is 10.2. The van der Waals surface area contributed by atoms with Crippen LogP contribution in [0.1, 0.15) is 12.8 Å². The number of para-hydroxylation sites is 2. The minimum Gasteiger partial charge on any atom is -0.408 e. The number of hydrogen-bond acceptors (Lipinski definition) is 6. The summed E-state index contributed by atoms with van der Waals surface area (Å²) >= 11 is 0. The third kappa shape index (κ3) is 3.54. The van der Waals surface area contributed by atoms with E-state index < -0.39 is 5.76 Å². The van der Waals surface area contributed by atoms with Crippen LogP contribution in [0.4, 0.5) is 5.69 Å². The highest BCUT2D eigenvalue weighted by Gasteiger charge is 2.10. The van der Waals surface area contributed by atoms with Gasteiger partial charge in [0.15, 0.2) is 11.4 Å². The standard InChI is InChI=1S/C19H18N6O3/c1-24-18(21-22-23-24)13-6-4-7-14(12-13)20-17(26)10-5-11-25-15-8-2-3-9-16(15)28-19(25)27/h2-4,6-9,12H,5,10-11H2,1H3,(H,20,26). The van der Waals surface area contributed by atoms with Crippen LogP contribution in [0.2, 0.25) is 0 Å². The number of anilines is 1. The molecule has 142 valence electrons. The number of carbonyl (C=O) groups is 1. The van der Waals surface area contributed by atoms with E-state index in [1.807, 2.05) is 36.4 Å². The zero-order valence-corrected chi connectivity index (χ0v) is 15.2.